The third-order valence-corrected chi connectivity index (χ3v) is 2.42. The summed E-state index contributed by atoms with van der Waals surface area (Å²) in [6.45, 7) is 0. The summed E-state index contributed by atoms with van der Waals surface area (Å²) in [5.41, 5.74) is 0.355. The first-order valence-corrected chi connectivity index (χ1v) is 4.92. The smallest absolute Gasteiger partial charge is 0.267 e. The van der Waals surface area contributed by atoms with Gasteiger partial charge in [0.2, 0.25) is 0 Å². The number of aromatic amines is 1. The lowest BCUT2D eigenvalue weighted by atomic mass is 10.2. The molecule has 1 aromatic carbocycles. The predicted octanol–water partition coefficient (Wildman–Crippen LogP) is 0.287. The molecule has 1 N–H and O–H groups in total. The van der Waals surface area contributed by atoms with Crippen LogP contribution in [0.25, 0.3) is 0 Å². The third kappa shape index (κ3) is 1.79. The van der Waals surface area contributed by atoms with Gasteiger partial charge in [-0.05, 0) is 23.5 Å². The fourth-order valence-corrected chi connectivity index (χ4v) is 1.64. The minimum Gasteiger partial charge on any atom is -0.267 e. The van der Waals surface area contributed by atoms with Crippen LogP contribution in [0.2, 0.25) is 0 Å². The van der Waals surface area contributed by atoms with Gasteiger partial charge in [-0.3, -0.25) is 14.4 Å². The molecule has 0 unspecified atom stereocenters. The molecule has 0 aliphatic carbocycles. The van der Waals surface area contributed by atoms with Gasteiger partial charge in [0, 0.05) is 5.56 Å². The van der Waals surface area contributed by atoms with Crippen molar-refractivity contribution in [3.05, 3.63) is 55.2 Å². The minimum absolute atomic E-state index is 0.355. The fraction of sp³-hybridized carbons (Fsp3) is 0. The van der Waals surface area contributed by atoms with E-state index in [1.54, 1.807) is 30.3 Å². The zero-order valence-corrected chi connectivity index (χ0v) is 8.28. The first-order chi connectivity index (χ1) is 7.18. The van der Waals surface area contributed by atoms with Crippen molar-refractivity contribution >= 4 is 17.2 Å². The van der Waals surface area contributed by atoms with Gasteiger partial charge in [-0.25, -0.2) is 5.10 Å². The highest BCUT2D eigenvalue weighted by Crippen LogP contribution is 1.99. The molecule has 15 heavy (non-hydrogen) atoms. The lowest BCUT2D eigenvalue weighted by Gasteiger charge is -1.98. The first-order valence-electron chi connectivity index (χ1n) is 4.10. The Morgan fingerprint density at radius 3 is 2.40 bits per heavy atom. The number of benzene rings is 1. The van der Waals surface area contributed by atoms with E-state index >= 15 is 0 Å². The molecule has 0 saturated heterocycles. The molecule has 0 radical (unpaired) electrons. The molecule has 0 amide bonds. The molecule has 0 spiro atoms. The van der Waals surface area contributed by atoms with Crippen LogP contribution in [0.1, 0.15) is 10.4 Å². The van der Waals surface area contributed by atoms with Crippen LogP contribution in [0, 0.1) is 0 Å². The number of aromatic nitrogens is 2. The molecule has 0 atom stereocenters. The number of rotatable bonds is 1. The first kappa shape index (κ1) is 9.60. The van der Waals surface area contributed by atoms with E-state index in [2.05, 4.69) is 5.10 Å². The van der Waals surface area contributed by atoms with Crippen LogP contribution in [-0.2, 0) is 0 Å². The monoisotopic (exact) mass is 222 g/mol. The molecule has 1 aromatic heterocycles. The average molecular weight is 222 g/mol. The molecule has 0 aliphatic rings. The molecule has 0 aliphatic heterocycles. The molecule has 76 valence electrons. The van der Waals surface area contributed by atoms with Crippen LogP contribution >= 0.6 is 11.3 Å². The molecule has 2 aromatic rings. The van der Waals surface area contributed by atoms with Crippen molar-refractivity contribution in [2.75, 3.05) is 0 Å². The summed E-state index contributed by atoms with van der Waals surface area (Å²) in [4.78, 5) is 32.6. The maximum atomic E-state index is 11.7. The summed E-state index contributed by atoms with van der Waals surface area (Å²) in [5.74, 6) is -0.529. The fourth-order valence-electron chi connectivity index (χ4n) is 1.13. The number of nitrogens with one attached hydrogen (secondary N) is 1. The Balaban J connectivity index is 2.50. The standard InChI is InChI=1S/C9H6N2O3S/c12-7(6-4-2-1-3-5-6)11-9(14)15-8(13)10-11/h1-5H,(H,10,13). The summed E-state index contributed by atoms with van der Waals surface area (Å²) in [5, 5.41) is 2.16. The molecule has 0 saturated carbocycles. The Hall–Kier alpha value is -1.95. The maximum absolute atomic E-state index is 11.7. The van der Waals surface area contributed by atoms with Crippen molar-refractivity contribution in [2.45, 2.75) is 0 Å². The van der Waals surface area contributed by atoms with E-state index in [0.29, 0.717) is 21.6 Å². The highest BCUT2D eigenvalue weighted by Gasteiger charge is 2.11. The van der Waals surface area contributed by atoms with Gasteiger partial charge in [0.1, 0.15) is 0 Å². The van der Waals surface area contributed by atoms with Gasteiger partial charge in [0.05, 0.1) is 0 Å². The van der Waals surface area contributed by atoms with E-state index in [0.717, 1.165) is 0 Å². The van der Waals surface area contributed by atoms with E-state index in [1.807, 2.05) is 0 Å². The topological polar surface area (TPSA) is 71.9 Å². The Labute approximate surface area is 87.6 Å². The normalized spacial score (nSPS) is 10.1. The van der Waals surface area contributed by atoms with Crippen LogP contribution in [0.4, 0.5) is 0 Å². The quantitative estimate of drug-likeness (QED) is 0.753. The van der Waals surface area contributed by atoms with E-state index in [1.165, 1.54) is 0 Å². The van der Waals surface area contributed by atoms with Gasteiger partial charge < -0.3 is 0 Å². The third-order valence-electron chi connectivity index (χ3n) is 1.79. The van der Waals surface area contributed by atoms with Crippen molar-refractivity contribution < 1.29 is 4.79 Å². The second-order valence-corrected chi connectivity index (χ2v) is 3.70. The zero-order chi connectivity index (χ0) is 10.8. The molecule has 1 heterocycles. The van der Waals surface area contributed by atoms with E-state index in [4.69, 9.17) is 0 Å². The highest BCUT2D eigenvalue weighted by atomic mass is 32.1. The molecule has 6 heteroatoms. The Morgan fingerprint density at radius 1 is 1.20 bits per heavy atom. The Kier molecular flexibility index (Phi) is 2.34. The van der Waals surface area contributed by atoms with Gasteiger partial charge in [0.15, 0.2) is 0 Å². The highest BCUT2D eigenvalue weighted by molar-refractivity contribution is 7.06. The van der Waals surface area contributed by atoms with E-state index in [9.17, 15) is 14.4 Å². The van der Waals surface area contributed by atoms with Crippen LogP contribution in [0.15, 0.2) is 39.9 Å². The van der Waals surface area contributed by atoms with Crippen LogP contribution < -0.4 is 9.75 Å². The van der Waals surface area contributed by atoms with Crippen molar-refractivity contribution in [2.24, 2.45) is 0 Å². The molecule has 2 rings (SSSR count). The van der Waals surface area contributed by atoms with Crippen molar-refractivity contribution in [3.63, 3.8) is 0 Å². The summed E-state index contributed by atoms with van der Waals surface area (Å²) in [6.07, 6.45) is 0. The summed E-state index contributed by atoms with van der Waals surface area (Å²) >= 11 is 0.468. The lowest BCUT2D eigenvalue weighted by molar-refractivity contribution is 0.0941. The average Bonchev–Trinajstić information content (AvgIpc) is 2.58. The van der Waals surface area contributed by atoms with Crippen LogP contribution in [-0.4, -0.2) is 15.7 Å². The predicted molar refractivity (Wildman–Crippen MR) is 55.4 cm³/mol. The lowest BCUT2D eigenvalue weighted by Crippen LogP contribution is -2.24. The number of hydrogen-bond acceptors (Lipinski definition) is 4. The van der Waals surface area contributed by atoms with Crippen LogP contribution in [0.3, 0.4) is 0 Å². The molecular weight excluding hydrogens is 216 g/mol. The van der Waals surface area contributed by atoms with Crippen molar-refractivity contribution in [1.82, 2.24) is 9.78 Å². The summed E-state index contributed by atoms with van der Waals surface area (Å²) in [6, 6.07) is 8.27. The van der Waals surface area contributed by atoms with Gasteiger partial charge in [-0.1, -0.05) is 18.2 Å². The number of carbonyl (C=O) groups excluding carboxylic acids is 1. The SMILES string of the molecule is O=C(c1ccccc1)n1[nH]c(=O)sc1=O. The molecular formula is C9H6N2O3S. The minimum atomic E-state index is -0.603. The Bertz CT molecular complexity index is 594. The number of carbonyl (C=O) groups is 1. The van der Waals surface area contributed by atoms with Crippen LogP contribution in [0.5, 0.6) is 0 Å². The number of nitrogens with zero attached hydrogens (tertiary/aromatic N) is 1. The van der Waals surface area contributed by atoms with Gasteiger partial charge >= 0.3 is 9.75 Å². The number of H-pyrrole nitrogens is 1. The second kappa shape index (κ2) is 3.66. The van der Waals surface area contributed by atoms with Gasteiger partial charge in [-0.15, -0.1) is 0 Å². The largest absolute Gasteiger partial charge is 0.334 e. The number of hydrogen-bond donors (Lipinski definition) is 1. The van der Waals surface area contributed by atoms with E-state index < -0.39 is 15.7 Å². The zero-order valence-electron chi connectivity index (χ0n) is 7.47. The van der Waals surface area contributed by atoms with Gasteiger partial charge in [0.25, 0.3) is 5.91 Å². The van der Waals surface area contributed by atoms with Crippen molar-refractivity contribution in [3.8, 4) is 0 Å². The maximum Gasteiger partial charge on any atom is 0.334 e. The van der Waals surface area contributed by atoms with Gasteiger partial charge in [-0.2, -0.15) is 4.68 Å². The van der Waals surface area contributed by atoms with Crippen molar-refractivity contribution in [1.29, 1.82) is 0 Å². The molecule has 0 fully saturated rings. The summed E-state index contributed by atoms with van der Waals surface area (Å²) < 4.78 is 0.711. The Morgan fingerprint density at radius 2 is 1.87 bits per heavy atom. The summed E-state index contributed by atoms with van der Waals surface area (Å²) in [7, 11) is 0. The van der Waals surface area contributed by atoms with E-state index in [-0.39, 0.29) is 0 Å². The molecule has 5 nitrogen and oxygen atoms in total. The molecule has 0 bridgehead atoms. The second-order valence-electron chi connectivity index (χ2n) is 2.77.